The van der Waals surface area contributed by atoms with Crippen molar-refractivity contribution in [1.82, 2.24) is 5.32 Å². The smallest absolute Gasteiger partial charge is 0.142 e. The van der Waals surface area contributed by atoms with Gasteiger partial charge in [-0.3, -0.25) is 0 Å². The van der Waals surface area contributed by atoms with Crippen LogP contribution in [0, 0.1) is 5.82 Å². The van der Waals surface area contributed by atoms with Crippen molar-refractivity contribution < 1.29 is 9.13 Å². The van der Waals surface area contributed by atoms with Crippen molar-refractivity contribution in [2.75, 3.05) is 14.2 Å². The maximum Gasteiger partial charge on any atom is 0.142 e. The Bertz CT molecular complexity index is 636. The van der Waals surface area contributed by atoms with Crippen LogP contribution >= 0.6 is 27.5 Å². The molecule has 0 saturated carbocycles. The number of rotatable bonds is 5. The van der Waals surface area contributed by atoms with Gasteiger partial charge in [-0.1, -0.05) is 39.7 Å². The highest BCUT2D eigenvalue weighted by Gasteiger charge is 2.17. The molecule has 0 bridgehead atoms. The fourth-order valence-corrected chi connectivity index (χ4v) is 2.88. The zero-order valence-electron chi connectivity index (χ0n) is 11.8. The first-order valence-corrected chi connectivity index (χ1v) is 7.67. The minimum absolute atomic E-state index is 0.0865. The van der Waals surface area contributed by atoms with Crippen LogP contribution in [0.15, 0.2) is 40.9 Å². The van der Waals surface area contributed by atoms with E-state index in [2.05, 4.69) is 21.2 Å². The Morgan fingerprint density at radius 2 is 2.10 bits per heavy atom. The van der Waals surface area contributed by atoms with Gasteiger partial charge in [-0.05, 0) is 48.9 Å². The molecule has 0 aliphatic rings. The van der Waals surface area contributed by atoms with Crippen LogP contribution < -0.4 is 10.1 Å². The molecule has 0 fully saturated rings. The summed E-state index contributed by atoms with van der Waals surface area (Å²) >= 11 is 9.61. The van der Waals surface area contributed by atoms with Crippen molar-refractivity contribution in [2.45, 2.75) is 12.5 Å². The summed E-state index contributed by atoms with van der Waals surface area (Å²) in [6.07, 6.45) is 0.664. The molecule has 5 heteroatoms. The van der Waals surface area contributed by atoms with Crippen LogP contribution in [0.25, 0.3) is 0 Å². The highest BCUT2D eigenvalue weighted by molar-refractivity contribution is 9.10. The predicted octanol–water partition coefficient (Wildman–Crippen LogP) is 4.75. The third-order valence-electron chi connectivity index (χ3n) is 3.38. The summed E-state index contributed by atoms with van der Waals surface area (Å²) in [6.45, 7) is 0. The Balaban J connectivity index is 2.33. The summed E-state index contributed by atoms with van der Waals surface area (Å²) < 4.78 is 19.9. The topological polar surface area (TPSA) is 21.3 Å². The molecule has 0 aliphatic carbocycles. The zero-order chi connectivity index (χ0) is 15.4. The molecular weight excluding hydrogens is 357 g/mol. The number of hydrogen-bond acceptors (Lipinski definition) is 2. The van der Waals surface area contributed by atoms with E-state index in [-0.39, 0.29) is 11.1 Å². The Labute approximate surface area is 137 Å². The summed E-state index contributed by atoms with van der Waals surface area (Å²) in [7, 11) is 3.46. The van der Waals surface area contributed by atoms with Crippen molar-refractivity contribution in [1.29, 1.82) is 0 Å². The van der Waals surface area contributed by atoms with Gasteiger partial charge < -0.3 is 10.1 Å². The number of ether oxygens (including phenoxy) is 1. The van der Waals surface area contributed by atoms with Gasteiger partial charge in [0.05, 0.1) is 12.1 Å². The molecule has 0 saturated heterocycles. The third-order valence-corrected chi connectivity index (χ3v) is 4.55. The predicted molar refractivity (Wildman–Crippen MR) is 87.6 cm³/mol. The lowest BCUT2D eigenvalue weighted by atomic mass is 9.98. The lowest BCUT2D eigenvalue weighted by Gasteiger charge is -2.19. The van der Waals surface area contributed by atoms with E-state index in [1.165, 1.54) is 6.07 Å². The molecule has 0 heterocycles. The maximum atomic E-state index is 13.6. The fraction of sp³-hybridized carbons (Fsp3) is 0.250. The summed E-state index contributed by atoms with van der Waals surface area (Å²) in [5, 5.41) is 3.35. The monoisotopic (exact) mass is 371 g/mol. The summed E-state index contributed by atoms with van der Waals surface area (Å²) in [5.74, 6) is 0.382. The Kier molecular flexibility index (Phi) is 5.62. The first-order chi connectivity index (χ1) is 10.1. The van der Waals surface area contributed by atoms with Gasteiger partial charge in [0.2, 0.25) is 0 Å². The molecule has 1 unspecified atom stereocenters. The molecule has 0 aliphatic heterocycles. The van der Waals surface area contributed by atoms with E-state index in [1.807, 2.05) is 31.3 Å². The summed E-state index contributed by atoms with van der Waals surface area (Å²) in [5.41, 5.74) is 1.81. The van der Waals surface area contributed by atoms with E-state index in [0.717, 1.165) is 21.3 Å². The van der Waals surface area contributed by atoms with Gasteiger partial charge in [0, 0.05) is 10.5 Å². The third kappa shape index (κ3) is 3.76. The molecule has 2 nitrogen and oxygen atoms in total. The minimum atomic E-state index is -0.404. The van der Waals surface area contributed by atoms with Gasteiger partial charge in [-0.2, -0.15) is 0 Å². The van der Waals surface area contributed by atoms with Crippen LogP contribution in [0.2, 0.25) is 5.02 Å². The average Bonchev–Trinajstić information content (AvgIpc) is 2.49. The highest BCUT2D eigenvalue weighted by atomic mass is 79.9. The molecular formula is C16H16BrClFNO. The van der Waals surface area contributed by atoms with Crippen molar-refractivity contribution in [2.24, 2.45) is 0 Å². The van der Waals surface area contributed by atoms with Crippen molar-refractivity contribution in [3.05, 3.63) is 62.8 Å². The number of hydrogen-bond donors (Lipinski definition) is 1. The second-order valence-corrected chi connectivity index (χ2v) is 5.88. The van der Waals surface area contributed by atoms with E-state index in [0.29, 0.717) is 6.42 Å². The van der Waals surface area contributed by atoms with Gasteiger partial charge in [0.15, 0.2) is 0 Å². The summed E-state index contributed by atoms with van der Waals surface area (Å²) in [4.78, 5) is 0. The second kappa shape index (κ2) is 7.25. The molecule has 1 N–H and O–H groups in total. The quantitative estimate of drug-likeness (QED) is 0.817. The molecule has 0 radical (unpaired) electrons. The van der Waals surface area contributed by atoms with Crippen molar-refractivity contribution in [3.63, 3.8) is 0 Å². The maximum absolute atomic E-state index is 13.6. The first kappa shape index (κ1) is 16.3. The lowest BCUT2D eigenvalue weighted by molar-refractivity contribution is 0.413. The molecule has 1 atom stereocenters. The van der Waals surface area contributed by atoms with Crippen LogP contribution in [0.5, 0.6) is 5.75 Å². The Hall–Kier alpha value is -1.10. The normalized spacial score (nSPS) is 12.2. The van der Waals surface area contributed by atoms with E-state index < -0.39 is 5.82 Å². The van der Waals surface area contributed by atoms with Crippen LogP contribution in [-0.4, -0.2) is 14.2 Å². The Morgan fingerprint density at radius 3 is 2.76 bits per heavy atom. The molecule has 2 aromatic rings. The van der Waals surface area contributed by atoms with Crippen LogP contribution in [0.4, 0.5) is 4.39 Å². The highest BCUT2D eigenvalue weighted by Crippen LogP contribution is 2.31. The Morgan fingerprint density at radius 1 is 1.33 bits per heavy atom. The number of nitrogens with one attached hydrogen (secondary N) is 1. The van der Waals surface area contributed by atoms with Gasteiger partial charge in [0.1, 0.15) is 11.6 Å². The number of benzene rings is 2. The van der Waals surface area contributed by atoms with E-state index in [1.54, 1.807) is 13.2 Å². The van der Waals surface area contributed by atoms with Gasteiger partial charge >= 0.3 is 0 Å². The van der Waals surface area contributed by atoms with E-state index in [9.17, 15) is 4.39 Å². The standard InChI is InChI=1S/C16H16BrClFNO/c1-20-15(12-4-3-5-14(19)16(12)18)9-10-8-11(21-2)6-7-13(10)17/h3-8,15,20H,9H2,1-2H3. The first-order valence-electron chi connectivity index (χ1n) is 6.50. The largest absolute Gasteiger partial charge is 0.497 e. The molecule has 0 aromatic heterocycles. The number of methoxy groups -OCH3 is 1. The van der Waals surface area contributed by atoms with Crippen LogP contribution in [-0.2, 0) is 6.42 Å². The molecule has 21 heavy (non-hydrogen) atoms. The fourth-order valence-electron chi connectivity index (χ4n) is 2.21. The van der Waals surface area contributed by atoms with Crippen LogP contribution in [0.3, 0.4) is 0 Å². The number of likely N-dealkylation sites (N-methyl/N-ethyl adjacent to an activating group) is 1. The zero-order valence-corrected chi connectivity index (χ0v) is 14.1. The van der Waals surface area contributed by atoms with Crippen molar-refractivity contribution in [3.8, 4) is 5.75 Å². The van der Waals surface area contributed by atoms with Crippen LogP contribution in [0.1, 0.15) is 17.2 Å². The van der Waals surface area contributed by atoms with E-state index >= 15 is 0 Å². The van der Waals surface area contributed by atoms with Crippen molar-refractivity contribution >= 4 is 27.5 Å². The molecule has 0 spiro atoms. The molecule has 2 rings (SSSR count). The number of halogens is 3. The lowest BCUT2D eigenvalue weighted by Crippen LogP contribution is -2.19. The second-order valence-electron chi connectivity index (χ2n) is 4.65. The molecule has 0 amide bonds. The van der Waals surface area contributed by atoms with Gasteiger partial charge in [-0.15, -0.1) is 0 Å². The summed E-state index contributed by atoms with van der Waals surface area (Å²) in [6, 6.07) is 10.6. The minimum Gasteiger partial charge on any atom is -0.497 e. The molecule has 112 valence electrons. The van der Waals surface area contributed by atoms with Gasteiger partial charge in [0.25, 0.3) is 0 Å². The molecule has 2 aromatic carbocycles. The van der Waals surface area contributed by atoms with E-state index in [4.69, 9.17) is 16.3 Å². The SMILES string of the molecule is CNC(Cc1cc(OC)ccc1Br)c1cccc(F)c1Cl. The average molecular weight is 373 g/mol. The van der Waals surface area contributed by atoms with Gasteiger partial charge in [-0.25, -0.2) is 4.39 Å².